The average Bonchev–Trinajstić information content (AvgIpc) is 3.12. The highest BCUT2D eigenvalue weighted by Gasteiger charge is 2.45. The molecule has 23 heavy (non-hydrogen) atoms. The molecular formula is C17H15NO4S. The van der Waals surface area contributed by atoms with Crippen molar-refractivity contribution in [2.45, 2.75) is 18.2 Å². The summed E-state index contributed by atoms with van der Waals surface area (Å²) in [6.07, 6.45) is -0.543. The quantitative estimate of drug-likeness (QED) is 0.689. The Bertz CT molecular complexity index is 868. The Morgan fingerprint density at radius 1 is 0.913 bits per heavy atom. The van der Waals surface area contributed by atoms with Crippen molar-refractivity contribution in [2.75, 3.05) is 13.2 Å². The maximum Gasteiger partial charge on any atom is 0.305 e. The van der Waals surface area contributed by atoms with E-state index >= 15 is 0 Å². The fourth-order valence-corrected chi connectivity index (χ4v) is 4.54. The van der Waals surface area contributed by atoms with Gasteiger partial charge in [0.15, 0.2) is 0 Å². The number of rotatable bonds is 1. The molecule has 1 aromatic heterocycles. The molecule has 2 fully saturated rings. The number of aromatic nitrogens is 1. The van der Waals surface area contributed by atoms with Crippen LogP contribution in [-0.4, -0.2) is 34.2 Å². The summed E-state index contributed by atoms with van der Waals surface area (Å²) in [5.74, 6) is 0. The Morgan fingerprint density at radius 3 is 2.26 bits per heavy atom. The highest BCUT2D eigenvalue weighted by atomic mass is 32.2. The van der Waals surface area contributed by atoms with Crippen LogP contribution in [0.25, 0.3) is 21.8 Å². The van der Waals surface area contributed by atoms with Gasteiger partial charge in [-0.25, -0.2) is 0 Å². The van der Waals surface area contributed by atoms with Crippen molar-refractivity contribution in [1.82, 2.24) is 4.57 Å². The van der Waals surface area contributed by atoms with Gasteiger partial charge in [0, 0.05) is 21.8 Å². The molecule has 0 N–H and O–H groups in total. The van der Waals surface area contributed by atoms with Gasteiger partial charge in [-0.3, -0.25) is 8.37 Å². The van der Waals surface area contributed by atoms with Gasteiger partial charge in [-0.05, 0) is 12.1 Å². The smallest absolute Gasteiger partial charge is 0.305 e. The predicted octanol–water partition coefficient (Wildman–Crippen LogP) is 2.73. The second-order valence-corrected chi connectivity index (χ2v) is 6.70. The molecule has 1 unspecified atom stereocenters. The maximum atomic E-state index is 11.7. The molecule has 118 valence electrons. The normalized spacial score (nSPS) is 30.8. The summed E-state index contributed by atoms with van der Waals surface area (Å²) in [6, 6.07) is 16.5. The molecule has 2 aromatic carbocycles. The number of fused-ring (bicyclic) bond motifs is 4. The fourth-order valence-electron chi connectivity index (χ4n) is 3.70. The lowest BCUT2D eigenvalue weighted by Crippen LogP contribution is -2.43. The van der Waals surface area contributed by atoms with Crippen molar-refractivity contribution < 1.29 is 17.3 Å². The highest BCUT2D eigenvalue weighted by Crippen LogP contribution is 2.38. The highest BCUT2D eigenvalue weighted by molar-refractivity contribution is 7.75. The molecule has 0 amide bonds. The zero-order valence-corrected chi connectivity index (χ0v) is 13.1. The van der Waals surface area contributed by atoms with E-state index in [1.165, 1.54) is 10.8 Å². The lowest BCUT2D eigenvalue weighted by atomic mass is 10.0. The van der Waals surface area contributed by atoms with Gasteiger partial charge in [0.1, 0.15) is 12.2 Å². The van der Waals surface area contributed by atoms with E-state index in [9.17, 15) is 4.21 Å². The van der Waals surface area contributed by atoms with Crippen LogP contribution >= 0.6 is 0 Å². The predicted molar refractivity (Wildman–Crippen MR) is 87.2 cm³/mol. The van der Waals surface area contributed by atoms with Crippen molar-refractivity contribution in [2.24, 2.45) is 0 Å². The van der Waals surface area contributed by atoms with Gasteiger partial charge in [-0.2, -0.15) is 4.21 Å². The summed E-state index contributed by atoms with van der Waals surface area (Å²) in [6.45, 7) is 0.939. The summed E-state index contributed by atoms with van der Waals surface area (Å²) in [7, 11) is 0. The molecule has 2 aliphatic rings. The summed E-state index contributed by atoms with van der Waals surface area (Å²) >= 11 is -1.69. The van der Waals surface area contributed by atoms with Crippen LogP contribution in [0.2, 0.25) is 0 Å². The largest absolute Gasteiger partial charge is 0.376 e. The number of hydrogen-bond acceptors (Lipinski definition) is 4. The molecule has 0 spiro atoms. The number of ether oxygens (including phenoxy) is 1. The molecule has 6 heteroatoms. The molecule has 5 rings (SSSR count). The molecule has 2 aliphatic heterocycles. The van der Waals surface area contributed by atoms with Crippen LogP contribution in [0.5, 0.6) is 0 Å². The molecule has 0 bridgehead atoms. The van der Waals surface area contributed by atoms with Gasteiger partial charge in [-0.15, -0.1) is 0 Å². The maximum absolute atomic E-state index is 11.7. The van der Waals surface area contributed by atoms with E-state index < -0.39 is 11.4 Å². The van der Waals surface area contributed by atoms with Crippen molar-refractivity contribution in [1.29, 1.82) is 0 Å². The third kappa shape index (κ3) is 1.99. The van der Waals surface area contributed by atoms with Gasteiger partial charge in [-0.1, -0.05) is 36.4 Å². The third-order valence-corrected chi connectivity index (χ3v) is 5.44. The number of para-hydroxylation sites is 2. The molecule has 0 saturated carbocycles. The molecule has 3 aromatic rings. The van der Waals surface area contributed by atoms with E-state index in [-0.39, 0.29) is 18.2 Å². The molecule has 0 radical (unpaired) electrons. The Hall–Kier alpha value is -1.73. The van der Waals surface area contributed by atoms with Gasteiger partial charge < -0.3 is 9.30 Å². The molecule has 3 heterocycles. The first-order chi connectivity index (χ1) is 11.3. The first-order valence-electron chi connectivity index (χ1n) is 7.64. The average molecular weight is 329 g/mol. The second-order valence-electron chi connectivity index (χ2n) is 5.91. The van der Waals surface area contributed by atoms with Crippen LogP contribution in [-0.2, 0) is 24.5 Å². The van der Waals surface area contributed by atoms with Crippen molar-refractivity contribution in [3.8, 4) is 0 Å². The Balaban J connectivity index is 1.76. The number of hydrogen-bond donors (Lipinski definition) is 0. The summed E-state index contributed by atoms with van der Waals surface area (Å²) in [5.41, 5.74) is 2.26. The Labute approximate surface area is 135 Å². The first-order valence-corrected chi connectivity index (χ1v) is 8.64. The Morgan fingerprint density at radius 2 is 1.57 bits per heavy atom. The minimum Gasteiger partial charge on any atom is -0.376 e. The van der Waals surface area contributed by atoms with E-state index in [4.69, 9.17) is 13.1 Å². The second kappa shape index (κ2) is 5.14. The van der Waals surface area contributed by atoms with Gasteiger partial charge in [0.2, 0.25) is 0 Å². The fraction of sp³-hybridized carbons (Fsp3) is 0.294. The molecular weight excluding hydrogens is 314 g/mol. The lowest BCUT2D eigenvalue weighted by molar-refractivity contribution is -0.0519. The lowest BCUT2D eigenvalue weighted by Gasteiger charge is -2.32. The minimum absolute atomic E-state index is 0.0648. The van der Waals surface area contributed by atoms with Crippen molar-refractivity contribution in [3.63, 3.8) is 0 Å². The third-order valence-electron chi connectivity index (χ3n) is 4.66. The van der Waals surface area contributed by atoms with E-state index in [1.54, 1.807) is 0 Å². The summed E-state index contributed by atoms with van der Waals surface area (Å²) < 4.78 is 30.5. The Kier molecular flexibility index (Phi) is 3.06. The molecule has 4 atom stereocenters. The van der Waals surface area contributed by atoms with Crippen molar-refractivity contribution in [3.05, 3.63) is 48.5 Å². The number of nitrogens with zero attached hydrogens (tertiary/aromatic N) is 1. The van der Waals surface area contributed by atoms with Gasteiger partial charge in [0.05, 0.1) is 19.3 Å². The topological polar surface area (TPSA) is 49.7 Å². The zero-order chi connectivity index (χ0) is 15.4. The minimum atomic E-state index is -1.69. The monoisotopic (exact) mass is 329 g/mol. The van der Waals surface area contributed by atoms with Crippen LogP contribution in [0, 0.1) is 0 Å². The van der Waals surface area contributed by atoms with Crippen molar-refractivity contribution >= 4 is 33.2 Å². The molecule has 5 nitrogen and oxygen atoms in total. The van der Waals surface area contributed by atoms with E-state index in [2.05, 4.69) is 28.8 Å². The van der Waals surface area contributed by atoms with Crippen LogP contribution in [0.4, 0.5) is 0 Å². The van der Waals surface area contributed by atoms with Gasteiger partial charge in [0.25, 0.3) is 0 Å². The summed E-state index contributed by atoms with van der Waals surface area (Å²) in [4.78, 5) is 0. The van der Waals surface area contributed by atoms with E-state index in [0.29, 0.717) is 13.2 Å². The SMILES string of the molecule is O=S1O[C@H]2[C@H](COC[C@@H]2n2c3ccccc3c3ccccc32)O1. The zero-order valence-electron chi connectivity index (χ0n) is 12.3. The van der Waals surface area contributed by atoms with Crippen LogP contribution in [0.3, 0.4) is 0 Å². The first kappa shape index (κ1) is 13.7. The van der Waals surface area contributed by atoms with Crippen LogP contribution in [0.15, 0.2) is 48.5 Å². The van der Waals surface area contributed by atoms with E-state index in [1.807, 2.05) is 24.3 Å². The number of benzene rings is 2. The summed E-state index contributed by atoms with van der Waals surface area (Å²) in [5, 5.41) is 2.40. The standard InChI is InChI=1S/C17H15NO4S/c19-23-21-16-10-20-9-15(17(16)22-23)18-13-7-3-1-5-11(13)12-6-2-4-8-14(12)18/h1-8,15-17H,9-10H2/t15-,16-,17+,23?/m0/s1. The van der Waals surface area contributed by atoms with Gasteiger partial charge >= 0.3 is 11.4 Å². The molecule has 2 saturated heterocycles. The van der Waals surface area contributed by atoms with Crippen LogP contribution < -0.4 is 0 Å². The molecule has 0 aliphatic carbocycles. The van der Waals surface area contributed by atoms with E-state index in [0.717, 1.165) is 11.0 Å². The van der Waals surface area contributed by atoms with Crippen LogP contribution in [0.1, 0.15) is 6.04 Å².